The minimum absolute atomic E-state index is 0.756. The van der Waals surface area contributed by atoms with Gasteiger partial charge in [-0.25, -0.2) is 0 Å². The van der Waals surface area contributed by atoms with Crippen LogP contribution in [-0.2, 0) is 0 Å². The average Bonchev–Trinajstić information content (AvgIpc) is 2.30. The smallest absolute Gasteiger partial charge is 0.0434 e. The number of hydrogen-bond acceptors (Lipinski definition) is 1. The van der Waals surface area contributed by atoms with Crippen LogP contribution in [0.3, 0.4) is 0 Å². The maximum atomic E-state index is 8.66. The zero-order valence-corrected chi connectivity index (χ0v) is 9.52. The molecule has 2 aliphatic heterocycles. The second kappa shape index (κ2) is 3.23. The van der Waals surface area contributed by atoms with Crippen LogP contribution in [0.15, 0.2) is 0 Å². The van der Waals surface area contributed by atoms with Crippen LogP contribution in [0.1, 0.15) is 53.3 Å². The van der Waals surface area contributed by atoms with Crippen LogP contribution in [-0.4, -0.2) is 23.4 Å². The summed E-state index contributed by atoms with van der Waals surface area (Å²) in [6.07, 6.45) is -2.80. The van der Waals surface area contributed by atoms with E-state index >= 15 is 0 Å². The maximum absolute atomic E-state index is 8.66. The van der Waals surface area contributed by atoms with Crippen molar-refractivity contribution in [3.8, 4) is 0 Å². The first-order valence-electron chi connectivity index (χ1n) is 9.61. The third-order valence-corrected chi connectivity index (χ3v) is 2.48. The maximum Gasteiger partial charge on any atom is 0.0434 e. The standard InChI is InChI=1S/C13H25N/c1-9(2)12-10-6-11(12)8-14(7-10)13(3,4)5/h9-12H,6-8H2,1-5H3/i6D2,7D2,8D2,10D,11D,12D. The topological polar surface area (TPSA) is 3.24 Å². The first-order valence-corrected chi connectivity index (χ1v) is 5.11. The molecule has 2 heterocycles. The molecule has 3 fully saturated rings. The normalized spacial score (nSPS) is 74.6. The fraction of sp³-hybridized carbons (Fsp3) is 1.00. The first-order chi connectivity index (χ1) is 9.81. The molecule has 1 nitrogen and oxygen atoms in total. The van der Waals surface area contributed by atoms with Gasteiger partial charge in [-0.2, -0.15) is 0 Å². The Balaban J connectivity index is 2.92. The van der Waals surface area contributed by atoms with Gasteiger partial charge < -0.3 is 0 Å². The van der Waals surface area contributed by atoms with Gasteiger partial charge in [0.2, 0.25) is 0 Å². The monoisotopic (exact) mass is 204 g/mol. The SMILES string of the molecule is [2H]C1([2H])N(C(C)(C)C)C([2H])([2H])C2([2H])C([2H])([2H])C1([2H])C2([2H])C(C)C. The minimum atomic E-state index is -2.80. The highest BCUT2D eigenvalue weighted by Crippen LogP contribution is 2.50. The van der Waals surface area contributed by atoms with E-state index in [-0.39, 0.29) is 0 Å². The molecule has 82 valence electrons. The van der Waals surface area contributed by atoms with Gasteiger partial charge in [-0.3, -0.25) is 4.90 Å². The third kappa shape index (κ3) is 1.60. The molecule has 2 unspecified atom stereocenters. The molecule has 0 radical (unpaired) electrons. The summed E-state index contributed by atoms with van der Waals surface area (Å²) >= 11 is 0. The van der Waals surface area contributed by atoms with Crippen LogP contribution in [0.5, 0.6) is 0 Å². The van der Waals surface area contributed by atoms with Crippen LogP contribution in [0, 0.1) is 23.6 Å². The van der Waals surface area contributed by atoms with Gasteiger partial charge in [0.25, 0.3) is 0 Å². The number of fused-ring (bicyclic) bond motifs is 2. The van der Waals surface area contributed by atoms with Gasteiger partial charge in [0.05, 0.1) is 0 Å². The zero-order chi connectivity index (χ0) is 18.7. The van der Waals surface area contributed by atoms with Crippen molar-refractivity contribution in [3.63, 3.8) is 0 Å². The Kier molecular flexibility index (Phi) is 0.942. The lowest BCUT2D eigenvalue weighted by atomic mass is 9.57. The number of nitrogens with zero attached hydrogens (tertiary/aromatic N) is 1. The minimum Gasteiger partial charge on any atom is -0.298 e. The van der Waals surface area contributed by atoms with E-state index in [1.54, 1.807) is 20.8 Å². The molecule has 14 heavy (non-hydrogen) atoms. The van der Waals surface area contributed by atoms with Crippen molar-refractivity contribution in [2.45, 2.75) is 46.5 Å². The fourth-order valence-corrected chi connectivity index (χ4v) is 1.66. The summed E-state index contributed by atoms with van der Waals surface area (Å²) in [5.74, 6) is -8.14. The van der Waals surface area contributed by atoms with Crippen molar-refractivity contribution < 1.29 is 12.3 Å². The number of rotatable bonds is 1. The van der Waals surface area contributed by atoms with Crippen molar-refractivity contribution in [1.29, 1.82) is 0 Å². The van der Waals surface area contributed by atoms with Crippen molar-refractivity contribution in [3.05, 3.63) is 0 Å². The molecule has 0 aromatic heterocycles. The fourth-order valence-electron chi connectivity index (χ4n) is 1.66. The van der Waals surface area contributed by atoms with E-state index < -0.39 is 48.5 Å². The van der Waals surface area contributed by atoms with Gasteiger partial charge in [-0.15, -0.1) is 0 Å². The van der Waals surface area contributed by atoms with E-state index in [1.807, 2.05) is 0 Å². The molecule has 0 spiro atoms. The van der Waals surface area contributed by atoms with E-state index in [2.05, 4.69) is 0 Å². The summed E-state index contributed by atoms with van der Waals surface area (Å²) < 4.78 is 76.1. The second-order valence-electron chi connectivity index (χ2n) is 5.17. The van der Waals surface area contributed by atoms with Crippen molar-refractivity contribution >= 4 is 0 Å². The van der Waals surface area contributed by atoms with E-state index in [1.165, 1.54) is 13.8 Å². The van der Waals surface area contributed by atoms with Gasteiger partial charge in [-0.1, -0.05) is 13.8 Å². The van der Waals surface area contributed by atoms with Crippen LogP contribution in [0.2, 0.25) is 0 Å². The van der Waals surface area contributed by atoms with E-state index in [9.17, 15) is 0 Å². The Morgan fingerprint density at radius 1 is 1.29 bits per heavy atom. The Bertz CT molecular complexity index is 506. The van der Waals surface area contributed by atoms with Gasteiger partial charge in [0, 0.05) is 30.9 Å². The molecule has 3 rings (SSSR count). The van der Waals surface area contributed by atoms with E-state index in [0.29, 0.717) is 0 Å². The highest BCUT2D eigenvalue weighted by molar-refractivity contribution is 5.00. The van der Waals surface area contributed by atoms with E-state index in [4.69, 9.17) is 12.3 Å². The molecule has 0 aromatic carbocycles. The van der Waals surface area contributed by atoms with Crippen molar-refractivity contribution in [2.75, 3.05) is 13.0 Å². The molecule has 2 atom stereocenters. The predicted octanol–water partition coefficient (Wildman–Crippen LogP) is 3.01. The summed E-state index contributed by atoms with van der Waals surface area (Å²) in [5, 5.41) is 0. The average molecular weight is 204 g/mol. The molecular formula is C13H25N. The third-order valence-electron chi connectivity index (χ3n) is 2.48. The second-order valence-corrected chi connectivity index (χ2v) is 5.17. The molecule has 0 amide bonds. The molecule has 3 aliphatic rings. The molecule has 2 bridgehead atoms. The molecule has 0 N–H and O–H groups in total. The quantitative estimate of drug-likeness (QED) is 0.635. The summed E-state index contributed by atoms with van der Waals surface area (Å²) in [5.41, 5.74) is -1.08. The highest BCUT2D eigenvalue weighted by Gasteiger charge is 2.49. The summed E-state index contributed by atoms with van der Waals surface area (Å²) in [4.78, 5) is 0.781. The van der Waals surface area contributed by atoms with Gasteiger partial charge in [-0.05, 0) is 50.7 Å². The summed E-state index contributed by atoms with van der Waals surface area (Å²) in [6, 6.07) is 0. The molecule has 1 heteroatoms. The summed E-state index contributed by atoms with van der Waals surface area (Å²) in [6.45, 7) is 2.23. The Labute approximate surface area is 102 Å². The number of piperidine rings is 2. The van der Waals surface area contributed by atoms with E-state index in [0.717, 1.165) is 4.90 Å². The Hall–Kier alpha value is -0.0400. The van der Waals surface area contributed by atoms with Crippen LogP contribution >= 0.6 is 0 Å². The first kappa shape index (κ1) is 4.08. The molecule has 1 aliphatic carbocycles. The highest BCUT2D eigenvalue weighted by atomic mass is 15.2. The summed E-state index contributed by atoms with van der Waals surface area (Å²) in [7, 11) is 0. The Morgan fingerprint density at radius 3 is 2.14 bits per heavy atom. The van der Waals surface area contributed by atoms with Crippen LogP contribution in [0.25, 0.3) is 0 Å². The van der Waals surface area contributed by atoms with Gasteiger partial charge in [0.15, 0.2) is 0 Å². The van der Waals surface area contributed by atoms with Crippen molar-refractivity contribution in [2.24, 2.45) is 23.6 Å². The largest absolute Gasteiger partial charge is 0.298 e. The van der Waals surface area contributed by atoms with Crippen molar-refractivity contribution in [1.82, 2.24) is 4.90 Å². The molecular weight excluding hydrogens is 170 g/mol. The Morgan fingerprint density at radius 2 is 1.79 bits per heavy atom. The number of hydrogen-bond donors (Lipinski definition) is 0. The van der Waals surface area contributed by atoms with Crippen LogP contribution in [0.4, 0.5) is 0 Å². The lowest BCUT2D eigenvalue weighted by Crippen LogP contribution is -2.61. The van der Waals surface area contributed by atoms with Gasteiger partial charge >= 0.3 is 0 Å². The lowest BCUT2D eigenvalue weighted by molar-refractivity contribution is -0.0944. The van der Waals surface area contributed by atoms with Crippen LogP contribution < -0.4 is 0 Å². The molecule has 0 aromatic rings. The zero-order valence-electron chi connectivity index (χ0n) is 18.5. The molecule has 2 saturated heterocycles. The predicted molar refractivity (Wildman–Crippen MR) is 61.3 cm³/mol. The molecule has 1 saturated carbocycles. The lowest BCUT2D eigenvalue weighted by Gasteiger charge is -2.58. The van der Waals surface area contributed by atoms with Gasteiger partial charge in [0.1, 0.15) is 0 Å².